The number of fused-ring (bicyclic) bond motifs is 2. The Bertz CT molecular complexity index is 1140. The summed E-state index contributed by atoms with van der Waals surface area (Å²) >= 11 is 9.30. The van der Waals surface area contributed by atoms with Gasteiger partial charge in [-0.3, -0.25) is 0 Å². The van der Waals surface area contributed by atoms with Crippen LogP contribution >= 0.6 is 27.5 Å². The molecule has 0 saturated carbocycles. The van der Waals surface area contributed by atoms with Gasteiger partial charge >= 0.3 is 6.36 Å². The van der Waals surface area contributed by atoms with E-state index in [1.807, 2.05) is 24.3 Å². The number of halogens is 5. The average Bonchev–Trinajstić information content (AvgIpc) is 2.97. The molecule has 0 unspecified atom stereocenters. The molecule has 26 heavy (non-hydrogen) atoms. The number of nitrogens with zero attached hydrogens (tertiary/aromatic N) is 1. The second-order valence-corrected chi connectivity index (χ2v) is 6.87. The van der Waals surface area contributed by atoms with Gasteiger partial charge in [0, 0.05) is 16.3 Å². The highest BCUT2D eigenvalue weighted by molar-refractivity contribution is 9.10. The number of para-hydroxylation sites is 1. The molecule has 0 bridgehead atoms. The van der Waals surface area contributed by atoms with Crippen LogP contribution in [0.4, 0.5) is 13.2 Å². The van der Waals surface area contributed by atoms with Crippen molar-refractivity contribution in [2.45, 2.75) is 6.36 Å². The van der Waals surface area contributed by atoms with Gasteiger partial charge in [0.25, 0.3) is 0 Å². The van der Waals surface area contributed by atoms with Crippen LogP contribution in [0.15, 0.2) is 53.0 Å². The Labute approximate surface area is 158 Å². The molecule has 0 atom stereocenters. The minimum atomic E-state index is -4.76. The highest BCUT2D eigenvalue weighted by Crippen LogP contribution is 2.36. The average molecular weight is 442 g/mol. The lowest BCUT2D eigenvalue weighted by atomic mass is 10.1. The Morgan fingerprint density at radius 1 is 1.04 bits per heavy atom. The van der Waals surface area contributed by atoms with Gasteiger partial charge in [-0.05, 0) is 46.3 Å². The molecule has 4 aromatic rings. The molecular formula is C18H9BrClF3N2O. The van der Waals surface area contributed by atoms with E-state index in [1.165, 1.54) is 12.1 Å². The van der Waals surface area contributed by atoms with Crippen LogP contribution in [-0.4, -0.2) is 16.3 Å². The highest BCUT2D eigenvalue weighted by atomic mass is 79.9. The number of nitrogens with one attached hydrogen (secondary N) is 1. The quantitative estimate of drug-likeness (QED) is 0.376. The standard InChI is InChI=1S/C18H9BrClF3N2O/c19-11-8-14-10(7-16(11)26-18(21,22)23)6-15(24-14)13-5-4-9-2-1-3-12(20)17(9)25-13/h1-8,24H. The summed E-state index contributed by atoms with van der Waals surface area (Å²) in [6.07, 6.45) is -4.76. The van der Waals surface area contributed by atoms with Crippen LogP contribution < -0.4 is 4.74 Å². The molecular weight excluding hydrogens is 433 g/mol. The first-order chi connectivity index (χ1) is 12.3. The van der Waals surface area contributed by atoms with E-state index in [-0.39, 0.29) is 10.2 Å². The van der Waals surface area contributed by atoms with Crippen LogP contribution in [-0.2, 0) is 0 Å². The maximum absolute atomic E-state index is 12.5. The first kappa shape index (κ1) is 17.2. The summed E-state index contributed by atoms with van der Waals surface area (Å²) in [7, 11) is 0. The van der Waals surface area contributed by atoms with E-state index in [2.05, 4.69) is 30.6 Å². The summed E-state index contributed by atoms with van der Waals surface area (Å²) in [6.45, 7) is 0. The molecule has 3 nitrogen and oxygen atoms in total. The van der Waals surface area contributed by atoms with Crippen LogP contribution in [0.3, 0.4) is 0 Å². The van der Waals surface area contributed by atoms with Crippen molar-refractivity contribution in [3.63, 3.8) is 0 Å². The summed E-state index contributed by atoms with van der Waals surface area (Å²) in [5.74, 6) is -0.301. The van der Waals surface area contributed by atoms with Crippen molar-refractivity contribution in [3.05, 3.63) is 58.0 Å². The van der Waals surface area contributed by atoms with Gasteiger partial charge in [-0.1, -0.05) is 29.8 Å². The molecule has 0 fully saturated rings. The van der Waals surface area contributed by atoms with E-state index in [0.717, 1.165) is 5.39 Å². The summed E-state index contributed by atoms with van der Waals surface area (Å²) in [5, 5.41) is 2.01. The number of ether oxygens (including phenoxy) is 1. The monoisotopic (exact) mass is 440 g/mol. The molecule has 132 valence electrons. The zero-order valence-electron chi connectivity index (χ0n) is 12.9. The van der Waals surface area contributed by atoms with Crippen molar-refractivity contribution in [1.29, 1.82) is 0 Å². The van der Waals surface area contributed by atoms with E-state index in [0.29, 0.717) is 32.8 Å². The number of hydrogen-bond acceptors (Lipinski definition) is 2. The van der Waals surface area contributed by atoms with Crippen LogP contribution in [0.5, 0.6) is 5.75 Å². The fourth-order valence-electron chi connectivity index (χ4n) is 2.74. The van der Waals surface area contributed by atoms with E-state index in [1.54, 1.807) is 12.1 Å². The molecule has 2 heterocycles. The maximum Gasteiger partial charge on any atom is 0.573 e. The van der Waals surface area contributed by atoms with Crippen molar-refractivity contribution >= 4 is 49.3 Å². The molecule has 0 saturated heterocycles. The second-order valence-electron chi connectivity index (χ2n) is 5.61. The fourth-order valence-corrected chi connectivity index (χ4v) is 3.38. The van der Waals surface area contributed by atoms with E-state index >= 15 is 0 Å². The van der Waals surface area contributed by atoms with Crippen LogP contribution in [0.1, 0.15) is 0 Å². The van der Waals surface area contributed by atoms with E-state index in [4.69, 9.17) is 11.6 Å². The van der Waals surface area contributed by atoms with Crippen molar-refractivity contribution < 1.29 is 17.9 Å². The smallest absolute Gasteiger partial charge is 0.405 e. The minimum Gasteiger partial charge on any atom is -0.405 e. The molecule has 0 aliphatic heterocycles. The third-order valence-electron chi connectivity index (χ3n) is 3.85. The lowest BCUT2D eigenvalue weighted by Crippen LogP contribution is -2.17. The summed E-state index contributed by atoms with van der Waals surface area (Å²) in [5.41, 5.74) is 2.61. The summed E-state index contributed by atoms with van der Waals surface area (Å²) in [6, 6.07) is 13.8. The SMILES string of the molecule is FC(F)(F)Oc1cc2cc(-c3ccc4cccc(Cl)c4n3)[nH]c2cc1Br. The van der Waals surface area contributed by atoms with Crippen molar-refractivity contribution in [1.82, 2.24) is 9.97 Å². The van der Waals surface area contributed by atoms with Crippen molar-refractivity contribution in [3.8, 4) is 17.1 Å². The first-order valence-electron chi connectivity index (χ1n) is 7.44. The van der Waals surface area contributed by atoms with Gasteiger partial charge in [-0.15, -0.1) is 13.2 Å². The molecule has 0 aliphatic rings. The largest absolute Gasteiger partial charge is 0.573 e. The van der Waals surface area contributed by atoms with Crippen LogP contribution in [0.25, 0.3) is 33.2 Å². The van der Waals surface area contributed by atoms with Gasteiger partial charge in [-0.2, -0.15) is 0 Å². The molecule has 0 aliphatic carbocycles. The highest BCUT2D eigenvalue weighted by Gasteiger charge is 2.32. The van der Waals surface area contributed by atoms with Crippen LogP contribution in [0.2, 0.25) is 5.02 Å². The molecule has 2 aromatic carbocycles. The Kier molecular flexibility index (Phi) is 4.08. The topological polar surface area (TPSA) is 37.9 Å². The first-order valence-corrected chi connectivity index (χ1v) is 8.61. The fraction of sp³-hybridized carbons (Fsp3) is 0.0556. The normalized spacial score (nSPS) is 12.0. The molecule has 0 spiro atoms. The maximum atomic E-state index is 12.5. The predicted octanol–water partition coefficient (Wildman–Crippen LogP) is 6.70. The zero-order chi connectivity index (χ0) is 18.5. The third kappa shape index (κ3) is 3.24. The molecule has 1 N–H and O–H groups in total. The number of benzene rings is 2. The van der Waals surface area contributed by atoms with Gasteiger partial charge in [-0.25, -0.2) is 4.98 Å². The molecule has 4 rings (SSSR count). The van der Waals surface area contributed by atoms with Gasteiger partial charge in [0.15, 0.2) is 0 Å². The summed E-state index contributed by atoms with van der Waals surface area (Å²) < 4.78 is 41.7. The lowest BCUT2D eigenvalue weighted by Gasteiger charge is -2.10. The number of pyridine rings is 1. The number of rotatable bonds is 2. The predicted molar refractivity (Wildman–Crippen MR) is 98.4 cm³/mol. The molecule has 2 aromatic heterocycles. The van der Waals surface area contributed by atoms with E-state index < -0.39 is 6.36 Å². The number of alkyl halides is 3. The molecule has 8 heteroatoms. The van der Waals surface area contributed by atoms with E-state index in [9.17, 15) is 13.2 Å². The minimum absolute atomic E-state index is 0.199. The van der Waals surface area contributed by atoms with Gasteiger partial charge in [0.1, 0.15) is 5.75 Å². The van der Waals surface area contributed by atoms with Crippen molar-refractivity contribution in [2.75, 3.05) is 0 Å². The summed E-state index contributed by atoms with van der Waals surface area (Å²) in [4.78, 5) is 7.71. The third-order valence-corrected chi connectivity index (χ3v) is 4.77. The Hall–Kier alpha value is -2.25. The second kappa shape index (κ2) is 6.17. The molecule has 0 radical (unpaired) electrons. The van der Waals surface area contributed by atoms with Crippen LogP contribution in [0, 0.1) is 0 Å². The Morgan fingerprint density at radius 3 is 2.62 bits per heavy atom. The lowest BCUT2D eigenvalue weighted by molar-refractivity contribution is -0.274. The van der Waals surface area contributed by atoms with Gasteiger partial charge < -0.3 is 9.72 Å². The number of H-pyrrole nitrogens is 1. The van der Waals surface area contributed by atoms with Gasteiger partial charge in [0.2, 0.25) is 0 Å². The number of hydrogen-bond donors (Lipinski definition) is 1. The number of aromatic nitrogens is 2. The Balaban J connectivity index is 1.81. The van der Waals surface area contributed by atoms with Gasteiger partial charge in [0.05, 0.1) is 26.4 Å². The van der Waals surface area contributed by atoms with Crippen molar-refractivity contribution in [2.24, 2.45) is 0 Å². The Morgan fingerprint density at radius 2 is 1.85 bits per heavy atom. The number of aromatic amines is 1. The molecule has 0 amide bonds. The zero-order valence-corrected chi connectivity index (χ0v) is 15.2.